The maximum Gasteiger partial charge on any atom is 0.209 e. The summed E-state index contributed by atoms with van der Waals surface area (Å²) < 4.78 is 0. The smallest absolute Gasteiger partial charge is 0.209 e. The van der Waals surface area contributed by atoms with E-state index in [1.807, 2.05) is 30.3 Å². The Kier molecular flexibility index (Phi) is 4.23. The van der Waals surface area contributed by atoms with Crippen molar-refractivity contribution in [1.82, 2.24) is 20.2 Å². The largest absolute Gasteiger partial charge is 0.258 e. The summed E-state index contributed by atoms with van der Waals surface area (Å²) in [5, 5.41) is 15.4. The molecule has 0 saturated heterocycles. The lowest BCUT2D eigenvalue weighted by atomic mass is 10.2. The van der Waals surface area contributed by atoms with Crippen molar-refractivity contribution in [1.29, 1.82) is 0 Å². The van der Waals surface area contributed by atoms with Crippen LogP contribution in [-0.4, -0.2) is 20.2 Å². The van der Waals surface area contributed by atoms with E-state index in [0.29, 0.717) is 0 Å². The van der Waals surface area contributed by atoms with Gasteiger partial charge in [-0.3, -0.25) is 5.10 Å². The lowest BCUT2D eigenvalue weighted by Crippen LogP contribution is -1.83. The van der Waals surface area contributed by atoms with Gasteiger partial charge in [-0.25, -0.2) is 9.97 Å². The molecule has 0 amide bonds. The summed E-state index contributed by atoms with van der Waals surface area (Å²) in [6, 6.07) is 12.1. The van der Waals surface area contributed by atoms with Gasteiger partial charge in [-0.2, -0.15) is 11.3 Å². The van der Waals surface area contributed by atoms with E-state index >= 15 is 0 Å². The lowest BCUT2D eigenvalue weighted by molar-refractivity contribution is 0.972. The first kappa shape index (κ1) is 14.6. The van der Waals surface area contributed by atoms with Crippen LogP contribution < -0.4 is 0 Å². The molecule has 114 valence electrons. The van der Waals surface area contributed by atoms with Crippen LogP contribution in [0.25, 0.3) is 22.0 Å². The second-order valence-electron chi connectivity index (χ2n) is 4.78. The van der Waals surface area contributed by atoms with Crippen LogP contribution in [0, 0.1) is 0 Å². The molecular weight excluding hydrogens is 344 g/mol. The number of aromatic amines is 1. The molecule has 0 spiro atoms. The Morgan fingerprint density at radius 3 is 2.74 bits per heavy atom. The number of benzene rings is 1. The van der Waals surface area contributed by atoms with Crippen LogP contribution in [0.15, 0.2) is 57.7 Å². The molecule has 0 saturated carbocycles. The highest BCUT2D eigenvalue weighted by atomic mass is 32.2. The van der Waals surface area contributed by atoms with Crippen LogP contribution in [0.2, 0.25) is 0 Å². The van der Waals surface area contributed by atoms with Crippen molar-refractivity contribution in [2.24, 2.45) is 0 Å². The zero-order valence-corrected chi connectivity index (χ0v) is 14.4. The average molecular weight is 357 g/mol. The fourth-order valence-electron chi connectivity index (χ4n) is 2.07. The Morgan fingerprint density at radius 1 is 1.00 bits per heavy atom. The van der Waals surface area contributed by atoms with Crippen molar-refractivity contribution in [2.45, 2.75) is 10.9 Å². The number of rotatable bonds is 5. The zero-order chi connectivity index (χ0) is 15.5. The average Bonchev–Trinajstić information content (AvgIpc) is 3.33. The van der Waals surface area contributed by atoms with E-state index in [4.69, 9.17) is 0 Å². The van der Waals surface area contributed by atoms with Crippen LogP contribution in [-0.2, 0) is 5.75 Å². The first-order valence-corrected chi connectivity index (χ1v) is 9.77. The summed E-state index contributed by atoms with van der Waals surface area (Å²) in [6.45, 7) is 0. The van der Waals surface area contributed by atoms with Gasteiger partial charge in [0.15, 0.2) is 5.82 Å². The maximum absolute atomic E-state index is 4.67. The fraction of sp³-hybridized carbons (Fsp3) is 0.0625. The maximum atomic E-state index is 4.67. The van der Waals surface area contributed by atoms with Gasteiger partial charge in [0.05, 0.1) is 5.69 Å². The van der Waals surface area contributed by atoms with Gasteiger partial charge in [0, 0.05) is 27.6 Å². The van der Waals surface area contributed by atoms with Crippen molar-refractivity contribution in [3.63, 3.8) is 0 Å². The fourth-order valence-corrected chi connectivity index (χ4v) is 4.39. The summed E-state index contributed by atoms with van der Waals surface area (Å²) in [5.41, 5.74) is 3.30. The third-order valence-corrected chi connectivity index (χ3v) is 5.69. The molecule has 0 aliphatic rings. The van der Waals surface area contributed by atoms with Crippen LogP contribution in [0.1, 0.15) is 5.69 Å². The molecule has 23 heavy (non-hydrogen) atoms. The number of hydrogen-bond donors (Lipinski definition) is 1. The van der Waals surface area contributed by atoms with Crippen molar-refractivity contribution in [3.8, 4) is 22.0 Å². The minimum atomic E-state index is 0.744. The van der Waals surface area contributed by atoms with Crippen LogP contribution in [0.4, 0.5) is 0 Å². The van der Waals surface area contributed by atoms with Gasteiger partial charge in [-0.1, -0.05) is 42.1 Å². The molecule has 1 N–H and O–H groups in total. The molecule has 4 aromatic rings. The quantitative estimate of drug-likeness (QED) is 0.514. The molecule has 0 aliphatic heterocycles. The number of thiophene rings is 1. The number of thiazole rings is 1. The monoisotopic (exact) mass is 356 g/mol. The van der Waals surface area contributed by atoms with Crippen LogP contribution >= 0.6 is 34.4 Å². The molecular formula is C16H12N4S3. The molecule has 0 radical (unpaired) electrons. The number of thioether (sulfide) groups is 1. The van der Waals surface area contributed by atoms with Gasteiger partial charge in [0.2, 0.25) is 5.16 Å². The summed E-state index contributed by atoms with van der Waals surface area (Å²) >= 11 is 4.96. The van der Waals surface area contributed by atoms with E-state index in [0.717, 1.165) is 33.0 Å². The summed E-state index contributed by atoms with van der Waals surface area (Å²) in [4.78, 5) is 9.20. The Morgan fingerprint density at radius 2 is 1.91 bits per heavy atom. The molecule has 0 unspecified atom stereocenters. The predicted octanol–water partition coefficient (Wildman–Crippen LogP) is 4.95. The third kappa shape index (κ3) is 3.36. The van der Waals surface area contributed by atoms with Gasteiger partial charge in [-0.05, 0) is 11.4 Å². The predicted molar refractivity (Wildman–Crippen MR) is 96.8 cm³/mol. The van der Waals surface area contributed by atoms with E-state index < -0.39 is 0 Å². The Balaban J connectivity index is 1.43. The molecule has 0 fully saturated rings. The lowest BCUT2D eigenvalue weighted by Gasteiger charge is -1.94. The summed E-state index contributed by atoms with van der Waals surface area (Å²) in [6.07, 6.45) is 0. The van der Waals surface area contributed by atoms with Gasteiger partial charge in [-0.15, -0.1) is 16.4 Å². The molecule has 4 rings (SSSR count). The van der Waals surface area contributed by atoms with E-state index in [2.05, 4.69) is 42.4 Å². The summed E-state index contributed by atoms with van der Waals surface area (Å²) in [7, 11) is 0. The SMILES string of the molecule is c1ccc(-c2nc(SCc3csc(-c4ccsc4)n3)n[nH]2)cc1. The molecule has 7 heteroatoms. The Labute approximate surface area is 145 Å². The first-order chi connectivity index (χ1) is 11.4. The normalized spacial score (nSPS) is 11.0. The second kappa shape index (κ2) is 6.66. The molecule has 0 atom stereocenters. The van der Waals surface area contributed by atoms with Crippen molar-refractivity contribution < 1.29 is 0 Å². The van der Waals surface area contributed by atoms with E-state index in [1.165, 1.54) is 5.56 Å². The highest BCUT2D eigenvalue weighted by molar-refractivity contribution is 7.98. The van der Waals surface area contributed by atoms with Gasteiger partial charge < -0.3 is 0 Å². The van der Waals surface area contributed by atoms with Crippen LogP contribution in [0.5, 0.6) is 0 Å². The topological polar surface area (TPSA) is 54.5 Å². The van der Waals surface area contributed by atoms with Crippen LogP contribution in [0.3, 0.4) is 0 Å². The van der Waals surface area contributed by atoms with Crippen molar-refractivity contribution >= 4 is 34.4 Å². The van der Waals surface area contributed by atoms with E-state index in [9.17, 15) is 0 Å². The molecule has 4 nitrogen and oxygen atoms in total. The van der Waals surface area contributed by atoms with Crippen molar-refractivity contribution in [3.05, 3.63) is 58.2 Å². The number of H-pyrrole nitrogens is 1. The number of nitrogens with one attached hydrogen (secondary N) is 1. The number of nitrogens with zero attached hydrogens (tertiary/aromatic N) is 3. The Bertz CT molecular complexity index is 881. The minimum Gasteiger partial charge on any atom is -0.258 e. The Hall–Kier alpha value is -1.96. The standard InChI is InChI=1S/C16H12N4S3/c1-2-4-11(5-3-1)14-18-16(20-19-14)23-10-13-9-22-15(17-13)12-6-7-21-8-12/h1-9H,10H2,(H,18,19,20). The highest BCUT2D eigenvalue weighted by Gasteiger charge is 2.09. The zero-order valence-electron chi connectivity index (χ0n) is 12.0. The molecule has 1 aromatic carbocycles. The number of aromatic nitrogens is 4. The molecule has 3 heterocycles. The van der Waals surface area contributed by atoms with E-state index in [-0.39, 0.29) is 0 Å². The second-order valence-corrected chi connectivity index (χ2v) is 7.36. The minimum absolute atomic E-state index is 0.744. The van der Waals surface area contributed by atoms with Crippen molar-refractivity contribution in [2.75, 3.05) is 0 Å². The van der Waals surface area contributed by atoms with E-state index in [1.54, 1.807) is 34.4 Å². The highest BCUT2D eigenvalue weighted by Crippen LogP contribution is 2.28. The number of hydrogen-bond acceptors (Lipinski definition) is 6. The third-order valence-electron chi connectivity index (χ3n) is 3.18. The summed E-state index contributed by atoms with van der Waals surface area (Å²) in [5.74, 6) is 1.57. The van der Waals surface area contributed by atoms with Gasteiger partial charge in [0.25, 0.3) is 0 Å². The molecule has 0 bridgehead atoms. The molecule has 3 aromatic heterocycles. The van der Waals surface area contributed by atoms with Gasteiger partial charge in [0.1, 0.15) is 5.01 Å². The first-order valence-electron chi connectivity index (χ1n) is 6.96. The van der Waals surface area contributed by atoms with Gasteiger partial charge >= 0.3 is 0 Å². The molecule has 0 aliphatic carbocycles.